The largest absolute Gasteiger partial charge is 0.493 e. The van der Waals surface area contributed by atoms with Crippen molar-refractivity contribution >= 4 is 11.8 Å². The van der Waals surface area contributed by atoms with Crippen molar-refractivity contribution in [2.24, 2.45) is 5.92 Å². The second-order valence-corrected chi connectivity index (χ2v) is 9.95. The zero-order chi connectivity index (χ0) is 26.6. The van der Waals surface area contributed by atoms with E-state index >= 15 is 0 Å². The van der Waals surface area contributed by atoms with Crippen molar-refractivity contribution in [3.05, 3.63) is 46.6 Å². The molecule has 0 saturated heterocycles. The second kappa shape index (κ2) is 11.9. The molecule has 2 amide bonds. The summed E-state index contributed by atoms with van der Waals surface area (Å²) in [4.78, 5) is 28.1. The van der Waals surface area contributed by atoms with Gasteiger partial charge in [-0.2, -0.15) is 0 Å². The number of nitrogens with one attached hydrogen (secondary N) is 1. The first kappa shape index (κ1) is 27.7. The molecule has 9 heteroatoms. The molecule has 1 aliphatic heterocycles. The van der Waals surface area contributed by atoms with Crippen LogP contribution < -0.4 is 14.8 Å². The average molecular weight is 503 g/mol. The Balaban J connectivity index is 2.13. The molecule has 0 radical (unpaired) electrons. The summed E-state index contributed by atoms with van der Waals surface area (Å²) in [6.45, 7) is 7.77. The monoisotopic (exact) mass is 502 g/mol. The molecule has 0 fully saturated rings. The van der Waals surface area contributed by atoms with Gasteiger partial charge in [0, 0.05) is 30.3 Å². The number of hydrogen-bond acceptors (Lipinski definition) is 7. The molecule has 4 N–H and O–H groups in total. The number of carbonyl (C=O) groups excluding carboxylic acids is 2. The van der Waals surface area contributed by atoms with Crippen molar-refractivity contribution in [3.63, 3.8) is 0 Å². The van der Waals surface area contributed by atoms with E-state index in [1.165, 1.54) is 13.2 Å². The topological polar surface area (TPSA) is 129 Å². The fraction of sp³-hybridized carbons (Fsp3) is 0.556. The van der Waals surface area contributed by atoms with Gasteiger partial charge < -0.3 is 35.0 Å². The van der Waals surface area contributed by atoms with Crippen LogP contribution in [0.1, 0.15) is 51.2 Å². The minimum atomic E-state index is -1.12. The summed E-state index contributed by atoms with van der Waals surface area (Å²) in [6, 6.07) is 2.59. The van der Waals surface area contributed by atoms with Gasteiger partial charge >= 0.3 is 0 Å². The molecule has 36 heavy (non-hydrogen) atoms. The number of carbonyl (C=O) groups is 2. The minimum Gasteiger partial charge on any atom is -0.493 e. The molecule has 0 aromatic heterocycles. The van der Waals surface area contributed by atoms with E-state index in [0.29, 0.717) is 47.1 Å². The van der Waals surface area contributed by atoms with Crippen LogP contribution in [0.5, 0.6) is 11.5 Å². The highest BCUT2D eigenvalue weighted by molar-refractivity contribution is 5.96. The summed E-state index contributed by atoms with van der Waals surface area (Å²) in [6.07, 6.45) is 1.91. The van der Waals surface area contributed by atoms with E-state index in [4.69, 9.17) is 9.47 Å². The highest BCUT2D eigenvalue weighted by Crippen LogP contribution is 2.51. The van der Waals surface area contributed by atoms with Crippen LogP contribution in [0.25, 0.3) is 0 Å². The van der Waals surface area contributed by atoms with Gasteiger partial charge in [-0.05, 0) is 50.0 Å². The number of fused-ring (bicyclic) bond motifs is 3. The number of aliphatic hydroxyl groups is 3. The summed E-state index contributed by atoms with van der Waals surface area (Å²) in [5, 5.41) is 33.3. The predicted octanol–water partition coefficient (Wildman–Crippen LogP) is 1.65. The van der Waals surface area contributed by atoms with Gasteiger partial charge in [0.1, 0.15) is 12.2 Å². The lowest BCUT2D eigenvalue weighted by atomic mass is 9.77. The van der Waals surface area contributed by atoms with Crippen molar-refractivity contribution in [1.82, 2.24) is 10.2 Å². The Morgan fingerprint density at radius 1 is 1.25 bits per heavy atom. The van der Waals surface area contributed by atoms with Crippen LogP contribution in [0.15, 0.2) is 35.4 Å². The van der Waals surface area contributed by atoms with Gasteiger partial charge in [0.25, 0.3) is 0 Å². The molecular formula is C27H38N2O7. The van der Waals surface area contributed by atoms with Crippen LogP contribution in [-0.4, -0.2) is 77.1 Å². The molecule has 198 valence electrons. The molecule has 1 aromatic rings. The predicted molar refractivity (Wildman–Crippen MR) is 135 cm³/mol. The third-order valence-corrected chi connectivity index (χ3v) is 6.50. The summed E-state index contributed by atoms with van der Waals surface area (Å²) < 4.78 is 11.7. The Hall–Kier alpha value is -2.88. The smallest absolute Gasteiger partial charge is 0.247 e. The van der Waals surface area contributed by atoms with Gasteiger partial charge in [-0.3, -0.25) is 9.59 Å². The van der Waals surface area contributed by atoms with E-state index in [1.807, 2.05) is 13.8 Å². The quantitative estimate of drug-likeness (QED) is 0.358. The zero-order valence-electron chi connectivity index (χ0n) is 21.7. The Labute approximate surface area is 212 Å². The maximum absolute atomic E-state index is 13.3. The van der Waals surface area contributed by atoms with Crippen LogP contribution in [0.4, 0.5) is 0 Å². The van der Waals surface area contributed by atoms with Crippen molar-refractivity contribution in [2.45, 2.75) is 64.9 Å². The zero-order valence-corrected chi connectivity index (χ0v) is 21.7. The molecule has 1 aliphatic carbocycles. The molecule has 0 unspecified atom stereocenters. The van der Waals surface area contributed by atoms with Gasteiger partial charge in [-0.1, -0.05) is 19.4 Å². The van der Waals surface area contributed by atoms with Crippen molar-refractivity contribution in [3.8, 4) is 11.5 Å². The third-order valence-electron chi connectivity index (χ3n) is 6.50. The number of rotatable bonds is 10. The van der Waals surface area contributed by atoms with E-state index in [1.54, 1.807) is 23.1 Å². The second-order valence-electron chi connectivity index (χ2n) is 9.95. The normalized spacial score (nSPS) is 22.2. The number of methoxy groups -OCH3 is 1. The van der Waals surface area contributed by atoms with E-state index in [9.17, 15) is 24.9 Å². The first-order chi connectivity index (χ1) is 17.1. The number of benzene rings is 1. The van der Waals surface area contributed by atoms with E-state index < -0.39 is 30.1 Å². The van der Waals surface area contributed by atoms with Crippen LogP contribution >= 0.6 is 0 Å². The first-order valence-corrected chi connectivity index (χ1v) is 12.4. The molecule has 0 spiro atoms. The van der Waals surface area contributed by atoms with E-state index in [-0.39, 0.29) is 25.7 Å². The molecule has 1 aromatic carbocycles. The molecule has 3 rings (SSSR count). The van der Waals surface area contributed by atoms with Crippen LogP contribution in [-0.2, 0) is 16.2 Å². The molecule has 2 aliphatic rings. The summed E-state index contributed by atoms with van der Waals surface area (Å²) in [7, 11) is 1.48. The summed E-state index contributed by atoms with van der Waals surface area (Å²) in [5.74, 6) is -0.197. The number of nitrogens with zero attached hydrogens (tertiary/aromatic N) is 1. The highest BCUT2D eigenvalue weighted by Gasteiger charge is 2.51. The van der Waals surface area contributed by atoms with Gasteiger partial charge in [-0.15, -0.1) is 0 Å². The van der Waals surface area contributed by atoms with E-state index in [2.05, 4.69) is 19.2 Å². The van der Waals surface area contributed by atoms with E-state index in [0.717, 1.165) is 5.57 Å². The van der Waals surface area contributed by atoms with Gasteiger partial charge in [0.2, 0.25) is 11.8 Å². The Morgan fingerprint density at radius 3 is 2.56 bits per heavy atom. The molecule has 4 atom stereocenters. The van der Waals surface area contributed by atoms with Crippen LogP contribution in [0, 0.1) is 5.92 Å². The maximum Gasteiger partial charge on any atom is 0.247 e. The van der Waals surface area contributed by atoms with Crippen LogP contribution in [0.3, 0.4) is 0 Å². The standard InChI is InChI=1S/C27H38N2O7/c1-15(2)6-8-29(22(32)10-16(3)4)20-13-19(27(34)28-7-9-30)23-18-11-17(14-31)12-21(35-5)25(18)36-26(23)24(20)33/h10-13,15,20,23-24,26,30-31,33H,6-9,14H2,1-5H3,(H,28,34)/t20-,23+,24+,26+/m1/s1. The van der Waals surface area contributed by atoms with Gasteiger partial charge in [0.05, 0.1) is 32.3 Å². The summed E-state index contributed by atoms with van der Waals surface area (Å²) in [5.41, 5.74) is 2.36. The van der Waals surface area contributed by atoms with Crippen molar-refractivity contribution in [1.29, 1.82) is 0 Å². The lowest BCUT2D eigenvalue weighted by molar-refractivity contribution is -0.132. The molecule has 0 saturated carbocycles. The number of aliphatic hydroxyl groups excluding tert-OH is 3. The first-order valence-electron chi connectivity index (χ1n) is 12.4. The van der Waals surface area contributed by atoms with Gasteiger partial charge in [0.15, 0.2) is 11.5 Å². The lowest BCUT2D eigenvalue weighted by Gasteiger charge is -2.40. The number of ether oxygens (including phenoxy) is 2. The SMILES string of the molecule is COc1cc(CO)cc2c1O[C@@H]1[C@@H](O)[C@H](N(CCC(C)C)C(=O)C=C(C)C)C=C(C(=O)NCCO)[C@H]21. The average Bonchev–Trinajstić information content (AvgIpc) is 3.22. The Kier molecular flexibility index (Phi) is 9.16. The maximum atomic E-state index is 13.3. The van der Waals surface area contributed by atoms with Crippen molar-refractivity contribution in [2.75, 3.05) is 26.8 Å². The van der Waals surface area contributed by atoms with Crippen LogP contribution in [0.2, 0.25) is 0 Å². The number of amides is 2. The lowest BCUT2D eigenvalue weighted by Crippen LogP contribution is -2.55. The number of allylic oxidation sites excluding steroid dienone is 1. The Morgan fingerprint density at radius 2 is 1.97 bits per heavy atom. The minimum absolute atomic E-state index is 0.0578. The van der Waals surface area contributed by atoms with Gasteiger partial charge in [-0.25, -0.2) is 0 Å². The fourth-order valence-corrected chi connectivity index (χ4v) is 4.75. The Bertz CT molecular complexity index is 1030. The third kappa shape index (κ3) is 5.74. The molecule has 1 heterocycles. The highest BCUT2D eigenvalue weighted by atomic mass is 16.5. The summed E-state index contributed by atoms with van der Waals surface area (Å²) >= 11 is 0. The molecular weight excluding hydrogens is 464 g/mol. The molecule has 0 bridgehead atoms. The number of hydrogen-bond donors (Lipinski definition) is 4. The molecule has 9 nitrogen and oxygen atoms in total. The fourth-order valence-electron chi connectivity index (χ4n) is 4.75. The van der Waals surface area contributed by atoms with Crippen molar-refractivity contribution < 1.29 is 34.4 Å².